The maximum Gasteiger partial charge on any atom is 0.118 e. The van der Waals surface area contributed by atoms with Crippen molar-refractivity contribution in [3.8, 4) is 0 Å². The van der Waals surface area contributed by atoms with E-state index in [9.17, 15) is 5.21 Å². The van der Waals surface area contributed by atoms with Gasteiger partial charge < -0.3 is 15.8 Å². The highest BCUT2D eigenvalue weighted by Crippen LogP contribution is 2.56. The SMILES string of the molecule is CC(C)c1ccc2c(c1)C(=NO)CC1[C@@](C)(C=NOCCCN)CCC[C@]21C. The molecule has 2 aliphatic rings. The summed E-state index contributed by atoms with van der Waals surface area (Å²) in [5.41, 5.74) is 9.97. The molecule has 1 aromatic carbocycles. The van der Waals surface area contributed by atoms with Crippen molar-refractivity contribution >= 4 is 11.9 Å². The van der Waals surface area contributed by atoms with Gasteiger partial charge in [0, 0.05) is 17.2 Å². The van der Waals surface area contributed by atoms with Gasteiger partial charge >= 0.3 is 0 Å². The first-order valence-corrected chi connectivity index (χ1v) is 10.6. The highest BCUT2D eigenvalue weighted by molar-refractivity contribution is 6.03. The van der Waals surface area contributed by atoms with E-state index in [-0.39, 0.29) is 10.8 Å². The molecule has 1 aromatic rings. The van der Waals surface area contributed by atoms with Gasteiger partial charge in [-0.2, -0.15) is 0 Å². The molecule has 28 heavy (non-hydrogen) atoms. The van der Waals surface area contributed by atoms with Crippen LogP contribution in [0.25, 0.3) is 0 Å². The minimum Gasteiger partial charge on any atom is -0.411 e. The third-order valence-electron chi connectivity index (χ3n) is 6.99. The molecule has 0 aromatic heterocycles. The molecule has 1 fully saturated rings. The van der Waals surface area contributed by atoms with E-state index in [1.54, 1.807) is 0 Å². The molecule has 5 heteroatoms. The van der Waals surface area contributed by atoms with E-state index in [0.717, 1.165) is 43.4 Å². The zero-order chi connectivity index (χ0) is 20.4. The van der Waals surface area contributed by atoms with Gasteiger partial charge in [0.2, 0.25) is 0 Å². The van der Waals surface area contributed by atoms with Crippen molar-refractivity contribution in [1.29, 1.82) is 0 Å². The molecular weight excluding hydrogens is 350 g/mol. The highest BCUT2D eigenvalue weighted by Gasteiger charge is 2.53. The van der Waals surface area contributed by atoms with Crippen LogP contribution < -0.4 is 5.73 Å². The normalized spacial score (nSPS) is 31.2. The van der Waals surface area contributed by atoms with Crippen LogP contribution in [0.15, 0.2) is 28.5 Å². The molecule has 0 amide bonds. The average Bonchev–Trinajstić information content (AvgIpc) is 2.67. The van der Waals surface area contributed by atoms with E-state index in [4.69, 9.17) is 10.6 Å². The van der Waals surface area contributed by atoms with Crippen LogP contribution in [0.3, 0.4) is 0 Å². The molecule has 3 N–H and O–H groups in total. The minimum absolute atomic E-state index is 0.0370. The molecule has 0 bridgehead atoms. The summed E-state index contributed by atoms with van der Waals surface area (Å²) in [4.78, 5) is 5.43. The molecule has 5 nitrogen and oxygen atoms in total. The number of hydrogen-bond acceptors (Lipinski definition) is 5. The lowest BCUT2D eigenvalue weighted by atomic mass is 9.50. The summed E-state index contributed by atoms with van der Waals surface area (Å²) in [6, 6.07) is 6.73. The van der Waals surface area contributed by atoms with E-state index in [1.165, 1.54) is 11.1 Å². The standard InChI is InChI=1S/C23H35N3O2/c1-16(2)17-7-8-19-18(13-17)20(26-27)14-21-22(3,9-5-10-23(19,21)4)15-25-28-12-6-11-24/h7-8,13,15-16,21,27H,5-6,9-12,14,24H2,1-4H3/t21?,22-,23-/m1/s1. The number of nitrogens with zero attached hydrogens (tertiary/aromatic N) is 2. The van der Waals surface area contributed by atoms with E-state index < -0.39 is 0 Å². The quantitative estimate of drug-likeness (QED) is 0.319. The Morgan fingerprint density at radius 2 is 2.11 bits per heavy atom. The fraction of sp³-hybridized carbons (Fsp3) is 0.652. The summed E-state index contributed by atoms with van der Waals surface area (Å²) in [5, 5.41) is 17.8. The Hall–Kier alpha value is -1.88. The number of fused-ring (bicyclic) bond motifs is 3. The van der Waals surface area contributed by atoms with Crippen LogP contribution in [0.1, 0.15) is 82.4 Å². The highest BCUT2D eigenvalue weighted by atomic mass is 16.6. The van der Waals surface area contributed by atoms with Crippen molar-refractivity contribution in [3.63, 3.8) is 0 Å². The van der Waals surface area contributed by atoms with Crippen LogP contribution in [-0.4, -0.2) is 30.3 Å². The lowest BCUT2D eigenvalue weighted by molar-refractivity contribution is 0.0899. The summed E-state index contributed by atoms with van der Waals surface area (Å²) in [6.07, 6.45) is 6.91. The van der Waals surface area contributed by atoms with Crippen LogP contribution in [0.2, 0.25) is 0 Å². The van der Waals surface area contributed by atoms with E-state index in [0.29, 0.717) is 25.0 Å². The second kappa shape index (κ2) is 8.24. The lowest BCUT2D eigenvalue weighted by Gasteiger charge is -2.54. The molecule has 0 saturated heterocycles. The largest absolute Gasteiger partial charge is 0.411 e. The van der Waals surface area contributed by atoms with Crippen molar-refractivity contribution in [2.24, 2.45) is 27.4 Å². The van der Waals surface area contributed by atoms with Gasteiger partial charge in [-0.1, -0.05) is 56.6 Å². The Bertz CT molecular complexity index is 758. The van der Waals surface area contributed by atoms with Crippen LogP contribution in [0.4, 0.5) is 0 Å². The van der Waals surface area contributed by atoms with Gasteiger partial charge in [0.15, 0.2) is 0 Å². The molecule has 0 spiro atoms. The molecule has 0 heterocycles. The van der Waals surface area contributed by atoms with Crippen LogP contribution in [0, 0.1) is 11.3 Å². The third-order valence-corrected chi connectivity index (χ3v) is 6.99. The maximum atomic E-state index is 9.80. The van der Waals surface area contributed by atoms with Gasteiger partial charge in [-0.3, -0.25) is 0 Å². The molecule has 0 radical (unpaired) electrons. The predicted molar refractivity (Wildman–Crippen MR) is 114 cm³/mol. The predicted octanol–water partition coefficient (Wildman–Crippen LogP) is 4.81. The van der Waals surface area contributed by atoms with Gasteiger partial charge in [0.05, 0.1) is 5.71 Å². The Kier molecular flexibility index (Phi) is 6.13. The average molecular weight is 386 g/mol. The number of nitrogens with two attached hydrogens (primary N) is 1. The van der Waals surface area contributed by atoms with Gasteiger partial charge in [-0.15, -0.1) is 0 Å². The van der Waals surface area contributed by atoms with Crippen molar-refractivity contribution in [3.05, 3.63) is 34.9 Å². The summed E-state index contributed by atoms with van der Waals surface area (Å²) >= 11 is 0. The van der Waals surface area contributed by atoms with Crippen molar-refractivity contribution < 1.29 is 10.0 Å². The second-order valence-corrected chi connectivity index (χ2v) is 9.25. The fourth-order valence-corrected chi connectivity index (χ4v) is 5.26. The first-order valence-electron chi connectivity index (χ1n) is 10.6. The number of rotatable bonds is 6. The molecule has 3 rings (SSSR count). The Balaban J connectivity index is 1.98. The second-order valence-electron chi connectivity index (χ2n) is 9.25. The zero-order valence-corrected chi connectivity index (χ0v) is 17.7. The first-order chi connectivity index (χ1) is 13.4. The van der Waals surface area contributed by atoms with Crippen molar-refractivity contribution in [1.82, 2.24) is 0 Å². The zero-order valence-electron chi connectivity index (χ0n) is 17.7. The number of hydrogen-bond donors (Lipinski definition) is 2. The summed E-state index contributed by atoms with van der Waals surface area (Å²) in [7, 11) is 0. The topological polar surface area (TPSA) is 80.2 Å². The van der Waals surface area contributed by atoms with Crippen molar-refractivity contribution in [2.45, 2.75) is 71.1 Å². The third kappa shape index (κ3) is 3.69. The van der Waals surface area contributed by atoms with E-state index >= 15 is 0 Å². The van der Waals surface area contributed by atoms with Gasteiger partial charge in [0.1, 0.15) is 6.61 Å². The summed E-state index contributed by atoms with van der Waals surface area (Å²) in [6.45, 7) is 10.2. The van der Waals surface area contributed by atoms with Gasteiger partial charge in [0.25, 0.3) is 0 Å². The molecule has 3 atom stereocenters. The molecular formula is C23H35N3O2. The smallest absolute Gasteiger partial charge is 0.118 e. The molecule has 154 valence electrons. The fourth-order valence-electron chi connectivity index (χ4n) is 5.26. The molecule has 1 saturated carbocycles. The Labute approximate surface area is 169 Å². The van der Waals surface area contributed by atoms with Gasteiger partial charge in [-0.25, -0.2) is 0 Å². The number of benzene rings is 1. The number of oxime groups is 2. The minimum atomic E-state index is -0.0972. The first kappa shape index (κ1) is 20.8. The van der Waals surface area contributed by atoms with Crippen LogP contribution in [0.5, 0.6) is 0 Å². The Morgan fingerprint density at radius 1 is 1.32 bits per heavy atom. The molecule has 0 aliphatic heterocycles. The monoisotopic (exact) mass is 385 g/mol. The lowest BCUT2D eigenvalue weighted by Crippen LogP contribution is -2.51. The van der Waals surface area contributed by atoms with Crippen molar-refractivity contribution in [2.75, 3.05) is 13.2 Å². The van der Waals surface area contributed by atoms with Crippen LogP contribution >= 0.6 is 0 Å². The summed E-state index contributed by atoms with van der Waals surface area (Å²) in [5.74, 6) is 0.768. The van der Waals surface area contributed by atoms with E-state index in [1.807, 2.05) is 6.21 Å². The van der Waals surface area contributed by atoms with E-state index in [2.05, 4.69) is 56.2 Å². The maximum absolute atomic E-state index is 9.80. The molecule has 1 unspecified atom stereocenters. The summed E-state index contributed by atoms with van der Waals surface area (Å²) < 4.78 is 0. The molecule has 2 aliphatic carbocycles. The Morgan fingerprint density at radius 3 is 2.79 bits per heavy atom. The van der Waals surface area contributed by atoms with Crippen LogP contribution in [-0.2, 0) is 10.3 Å². The van der Waals surface area contributed by atoms with Gasteiger partial charge in [-0.05, 0) is 66.7 Å².